The van der Waals surface area contributed by atoms with Crippen molar-refractivity contribution < 1.29 is 0 Å². The van der Waals surface area contributed by atoms with E-state index in [-0.39, 0.29) is 0 Å². The largest absolute Gasteiger partial charge is 0.347 e. The Balaban J connectivity index is 1.98. The molecule has 0 saturated carbocycles. The molecular formula is C10H18N4S. The molecule has 4 nitrogen and oxygen atoms in total. The second-order valence-corrected chi connectivity index (χ2v) is 4.87. The number of hydrogen-bond acceptors (Lipinski definition) is 5. The lowest BCUT2D eigenvalue weighted by Gasteiger charge is -2.32. The van der Waals surface area contributed by atoms with Gasteiger partial charge in [0.25, 0.3) is 0 Å². The molecule has 84 valence electrons. The van der Waals surface area contributed by atoms with Crippen molar-refractivity contribution in [2.45, 2.75) is 19.8 Å². The quantitative estimate of drug-likeness (QED) is 0.843. The Bertz CT molecular complexity index is 310. The highest BCUT2D eigenvalue weighted by atomic mass is 32.1. The Hall–Kier alpha value is -0.680. The van der Waals surface area contributed by atoms with E-state index in [1.54, 1.807) is 0 Å². The summed E-state index contributed by atoms with van der Waals surface area (Å²) in [4.78, 5) is 6.81. The van der Waals surface area contributed by atoms with Crippen LogP contribution in [0.2, 0.25) is 0 Å². The number of nitrogens with one attached hydrogen (secondary N) is 1. The van der Waals surface area contributed by atoms with E-state index in [1.807, 2.05) is 14.0 Å². The van der Waals surface area contributed by atoms with E-state index in [0.717, 1.165) is 36.5 Å². The van der Waals surface area contributed by atoms with Crippen LogP contribution in [0.5, 0.6) is 0 Å². The molecule has 0 amide bonds. The summed E-state index contributed by atoms with van der Waals surface area (Å²) < 4.78 is 4.24. The summed E-state index contributed by atoms with van der Waals surface area (Å²) >= 11 is 1.52. The molecule has 5 heteroatoms. The Kier molecular flexibility index (Phi) is 3.53. The lowest BCUT2D eigenvalue weighted by atomic mass is 9.98. The maximum Gasteiger partial charge on any atom is 0.205 e. The zero-order valence-corrected chi connectivity index (χ0v) is 10.2. The van der Waals surface area contributed by atoms with Crippen LogP contribution in [0.1, 0.15) is 18.7 Å². The van der Waals surface area contributed by atoms with Crippen LogP contribution >= 0.6 is 11.5 Å². The predicted molar refractivity (Wildman–Crippen MR) is 63.5 cm³/mol. The molecule has 0 aromatic carbocycles. The number of rotatable bonds is 3. The molecule has 2 heterocycles. The lowest BCUT2D eigenvalue weighted by Crippen LogP contribution is -2.39. The third kappa shape index (κ3) is 2.66. The second kappa shape index (κ2) is 4.90. The van der Waals surface area contributed by atoms with Gasteiger partial charge in [-0.3, -0.25) is 0 Å². The smallest absolute Gasteiger partial charge is 0.205 e. The molecule has 1 aliphatic heterocycles. The third-order valence-corrected chi connectivity index (χ3v) is 3.67. The van der Waals surface area contributed by atoms with Crippen LogP contribution in [-0.2, 0) is 0 Å². The minimum atomic E-state index is 0.757. The third-order valence-electron chi connectivity index (χ3n) is 2.80. The summed E-state index contributed by atoms with van der Waals surface area (Å²) in [5.74, 6) is 1.65. The number of nitrogens with zero attached hydrogens (tertiary/aromatic N) is 3. The van der Waals surface area contributed by atoms with Crippen molar-refractivity contribution in [3.63, 3.8) is 0 Å². The monoisotopic (exact) mass is 226 g/mol. The van der Waals surface area contributed by atoms with Crippen molar-refractivity contribution in [2.24, 2.45) is 5.92 Å². The molecule has 15 heavy (non-hydrogen) atoms. The Morgan fingerprint density at radius 1 is 1.60 bits per heavy atom. The van der Waals surface area contributed by atoms with Crippen LogP contribution in [0, 0.1) is 12.8 Å². The van der Waals surface area contributed by atoms with Crippen molar-refractivity contribution in [1.82, 2.24) is 14.7 Å². The molecule has 1 saturated heterocycles. The average Bonchev–Trinajstić information content (AvgIpc) is 2.66. The number of piperidine rings is 1. The Labute approximate surface area is 94.9 Å². The number of aryl methyl sites for hydroxylation is 1. The summed E-state index contributed by atoms with van der Waals surface area (Å²) in [6.07, 6.45) is 2.60. The normalized spacial score (nSPS) is 22.0. The molecular weight excluding hydrogens is 208 g/mol. The van der Waals surface area contributed by atoms with Gasteiger partial charge in [0.1, 0.15) is 5.82 Å². The highest BCUT2D eigenvalue weighted by Gasteiger charge is 2.21. The first-order valence-corrected chi connectivity index (χ1v) is 6.27. The maximum absolute atomic E-state index is 4.44. The molecule has 1 aromatic rings. The van der Waals surface area contributed by atoms with Crippen LogP contribution in [-0.4, -0.2) is 36.0 Å². The van der Waals surface area contributed by atoms with Crippen LogP contribution in [0.15, 0.2) is 0 Å². The maximum atomic E-state index is 4.44. The van der Waals surface area contributed by atoms with Gasteiger partial charge in [-0.05, 0) is 39.3 Å². The van der Waals surface area contributed by atoms with E-state index in [4.69, 9.17) is 0 Å². The van der Waals surface area contributed by atoms with E-state index in [0.29, 0.717) is 0 Å². The Morgan fingerprint density at radius 2 is 2.47 bits per heavy atom. The molecule has 0 radical (unpaired) electrons. The van der Waals surface area contributed by atoms with Crippen LogP contribution in [0.25, 0.3) is 0 Å². The van der Waals surface area contributed by atoms with E-state index in [9.17, 15) is 0 Å². The molecule has 1 fully saturated rings. The average molecular weight is 226 g/mol. The van der Waals surface area contributed by atoms with Gasteiger partial charge in [-0.2, -0.15) is 4.37 Å². The fourth-order valence-electron chi connectivity index (χ4n) is 2.11. The van der Waals surface area contributed by atoms with Crippen molar-refractivity contribution in [1.29, 1.82) is 0 Å². The molecule has 0 aliphatic carbocycles. The van der Waals surface area contributed by atoms with Crippen molar-refractivity contribution >= 4 is 16.7 Å². The molecule has 1 atom stereocenters. The zero-order valence-electron chi connectivity index (χ0n) is 9.36. The number of hydrogen-bond donors (Lipinski definition) is 1. The fraction of sp³-hybridized carbons (Fsp3) is 0.800. The molecule has 1 aromatic heterocycles. The summed E-state index contributed by atoms with van der Waals surface area (Å²) in [6.45, 7) is 5.31. The van der Waals surface area contributed by atoms with Crippen molar-refractivity contribution in [3.05, 3.63) is 5.82 Å². The molecule has 0 bridgehead atoms. The van der Waals surface area contributed by atoms with Crippen molar-refractivity contribution in [3.8, 4) is 0 Å². The molecule has 1 N–H and O–H groups in total. The van der Waals surface area contributed by atoms with Gasteiger partial charge in [-0.25, -0.2) is 4.98 Å². The standard InChI is InChI=1S/C10H18N4S/c1-8-12-10(15-13-8)14-5-3-4-9(7-14)6-11-2/h9,11H,3-7H2,1-2H3. The van der Waals surface area contributed by atoms with Gasteiger partial charge >= 0.3 is 0 Å². The van der Waals surface area contributed by atoms with Gasteiger partial charge in [0.2, 0.25) is 5.13 Å². The molecule has 0 spiro atoms. The van der Waals surface area contributed by atoms with Gasteiger partial charge in [-0.15, -0.1) is 0 Å². The predicted octanol–water partition coefficient (Wildman–Crippen LogP) is 1.28. The minimum absolute atomic E-state index is 0.757. The molecule has 1 unspecified atom stereocenters. The number of aromatic nitrogens is 2. The zero-order chi connectivity index (χ0) is 10.7. The van der Waals surface area contributed by atoms with Gasteiger partial charge in [-0.1, -0.05) is 0 Å². The highest BCUT2D eigenvalue weighted by molar-refractivity contribution is 7.09. The molecule has 2 rings (SSSR count). The fourth-order valence-corrected chi connectivity index (χ4v) is 2.82. The van der Waals surface area contributed by atoms with E-state index < -0.39 is 0 Å². The number of anilines is 1. The summed E-state index contributed by atoms with van der Waals surface area (Å²) in [5.41, 5.74) is 0. The lowest BCUT2D eigenvalue weighted by molar-refractivity contribution is 0.402. The van der Waals surface area contributed by atoms with E-state index >= 15 is 0 Å². The Morgan fingerprint density at radius 3 is 3.13 bits per heavy atom. The molecule has 1 aliphatic rings. The minimum Gasteiger partial charge on any atom is -0.347 e. The second-order valence-electron chi connectivity index (χ2n) is 4.14. The summed E-state index contributed by atoms with van der Waals surface area (Å²) in [6, 6.07) is 0. The van der Waals surface area contributed by atoms with Gasteiger partial charge in [0.15, 0.2) is 0 Å². The van der Waals surface area contributed by atoms with Crippen LogP contribution in [0.4, 0.5) is 5.13 Å². The van der Waals surface area contributed by atoms with Gasteiger partial charge < -0.3 is 10.2 Å². The van der Waals surface area contributed by atoms with Gasteiger partial charge in [0, 0.05) is 24.6 Å². The topological polar surface area (TPSA) is 41.0 Å². The van der Waals surface area contributed by atoms with Crippen LogP contribution < -0.4 is 10.2 Å². The first kappa shape index (κ1) is 10.8. The van der Waals surface area contributed by atoms with Crippen molar-refractivity contribution in [2.75, 3.05) is 31.6 Å². The van der Waals surface area contributed by atoms with E-state index in [1.165, 1.54) is 24.4 Å². The van der Waals surface area contributed by atoms with Gasteiger partial charge in [0.05, 0.1) is 0 Å². The summed E-state index contributed by atoms with van der Waals surface area (Å²) in [5, 5.41) is 4.35. The first-order chi connectivity index (χ1) is 7.29. The first-order valence-electron chi connectivity index (χ1n) is 5.49. The highest BCUT2D eigenvalue weighted by Crippen LogP contribution is 2.24. The summed E-state index contributed by atoms with van der Waals surface area (Å²) in [7, 11) is 2.02. The van der Waals surface area contributed by atoms with E-state index in [2.05, 4.69) is 19.6 Å². The SMILES string of the molecule is CNCC1CCCN(c2nc(C)ns2)C1. The van der Waals surface area contributed by atoms with Crippen LogP contribution in [0.3, 0.4) is 0 Å².